The highest BCUT2D eigenvalue weighted by Crippen LogP contribution is 2.24. The van der Waals surface area contributed by atoms with E-state index in [9.17, 15) is 18.0 Å². The number of carbonyl (C=O) groups is 2. The van der Waals surface area contributed by atoms with E-state index in [1.807, 2.05) is 31.2 Å². The number of anilines is 2. The molecule has 2 N–H and O–H groups in total. The minimum absolute atomic E-state index is 0.0167. The number of hydrogen-bond acceptors (Lipinski definition) is 4. The maximum atomic E-state index is 12.8. The highest BCUT2D eigenvalue weighted by Gasteiger charge is 2.31. The largest absolute Gasteiger partial charge is 0.326 e. The Labute approximate surface area is 177 Å². The highest BCUT2D eigenvalue weighted by atomic mass is 32.2. The van der Waals surface area contributed by atoms with Gasteiger partial charge in [-0.1, -0.05) is 24.3 Å². The van der Waals surface area contributed by atoms with Crippen molar-refractivity contribution < 1.29 is 18.0 Å². The van der Waals surface area contributed by atoms with Gasteiger partial charge in [0.25, 0.3) is 0 Å². The molecule has 1 heterocycles. The fraction of sp³-hybridized carbons (Fsp3) is 0.364. The van der Waals surface area contributed by atoms with Gasteiger partial charge >= 0.3 is 0 Å². The van der Waals surface area contributed by atoms with Gasteiger partial charge in [-0.3, -0.25) is 9.59 Å². The van der Waals surface area contributed by atoms with Crippen molar-refractivity contribution in [2.24, 2.45) is 5.92 Å². The Hall–Kier alpha value is -2.71. The number of aryl methyl sites for hydroxylation is 1. The number of nitrogens with zero attached hydrogens (tertiary/aromatic N) is 1. The maximum absolute atomic E-state index is 12.8. The van der Waals surface area contributed by atoms with Gasteiger partial charge in [-0.15, -0.1) is 0 Å². The summed E-state index contributed by atoms with van der Waals surface area (Å²) >= 11 is 0. The summed E-state index contributed by atoms with van der Waals surface area (Å²) in [4.78, 5) is 23.6. The molecule has 0 aliphatic carbocycles. The first-order chi connectivity index (χ1) is 14.2. The molecule has 0 saturated carbocycles. The lowest BCUT2D eigenvalue weighted by molar-refractivity contribution is -0.121. The molecule has 0 aromatic heterocycles. The van der Waals surface area contributed by atoms with E-state index in [-0.39, 0.29) is 23.5 Å². The van der Waals surface area contributed by atoms with E-state index in [1.165, 1.54) is 11.2 Å². The normalized spacial score (nSPS) is 15.5. The average molecular weight is 430 g/mol. The van der Waals surface area contributed by atoms with Crippen LogP contribution in [0.25, 0.3) is 0 Å². The lowest BCUT2D eigenvalue weighted by atomic mass is 9.97. The summed E-state index contributed by atoms with van der Waals surface area (Å²) in [6, 6.07) is 14.4. The molecule has 1 aliphatic heterocycles. The lowest BCUT2D eigenvalue weighted by Crippen LogP contribution is -2.41. The highest BCUT2D eigenvalue weighted by molar-refractivity contribution is 7.88. The van der Waals surface area contributed by atoms with Gasteiger partial charge in [-0.05, 0) is 55.2 Å². The Balaban J connectivity index is 1.53. The molecule has 160 valence electrons. The van der Waals surface area contributed by atoms with Gasteiger partial charge in [-0.25, -0.2) is 12.7 Å². The Kier molecular flexibility index (Phi) is 6.89. The molecular formula is C22H27N3O4S. The zero-order valence-corrected chi connectivity index (χ0v) is 18.0. The molecule has 30 heavy (non-hydrogen) atoms. The van der Waals surface area contributed by atoms with Crippen molar-refractivity contribution in [3.63, 3.8) is 0 Å². The van der Waals surface area contributed by atoms with Gasteiger partial charge in [0.1, 0.15) is 0 Å². The summed E-state index contributed by atoms with van der Waals surface area (Å²) in [5, 5.41) is 5.55. The Morgan fingerprint density at radius 2 is 1.53 bits per heavy atom. The molecule has 1 saturated heterocycles. The van der Waals surface area contributed by atoms with Gasteiger partial charge in [0.2, 0.25) is 21.8 Å². The van der Waals surface area contributed by atoms with Crippen LogP contribution in [0, 0.1) is 12.8 Å². The summed E-state index contributed by atoms with van der Waals surface area (Å²) in [7, 11) is -3.41. The minimum Gasteiger partial charge on any atom is -0.326 e. The van der Waals surface area contributed by atoms with E-state index in [4.69, 9.17) is 0 Å². The second-order valence-electron chi connectivity index (χ2n) is 7.60. The first-order valence-electron chi connectivity index (χ1n) is 9.95. The standard InChI is InChI=1S/C22H27N3O4S/c1-16-5-3-4-6-19(16)15-30(28,29)25-13-11-18(12-14-25)22(27)24-21-9-7-20(8-10-21)23-17(2)26/h3-10,18H,11-15H2,1-2H3,(H,23,26)(H,24,27). The van der Waals surface area contributed by atoms with Gasteiger partial charge < -0.3 is 10.6 Å². The summed E-state index contributed by atoms with van der Waals surface area (Å²) < 4.78 is 27.0. The zero-order valence-electron chi connectivity index (χ0n) is 17.2. The van der Waals surface area contributed by atoms with Crippen molar-refractivity contribution in [2.75, 3.05) is 23.7 Å². The average Bonchev–Trinajstić information content (AvgIpc) is 2.71. The molecule has 2 aromatic rings. The van der Waals surface area contributed by atoms with Crippen LogP contribution in [0.4, 0.5) is 11.4 Å². The van der Waals surface area contributed by atoms with E-state index >= 15 is 0 Å². The fourth-order valence-electron chi connectivity index (χ4n) is 3.54. The summed E-state index contributed by atoms with van der Waals surface area (Å²) in [5.74, 6) is -0.518. The SMILES string of the molecule is CC(=O)Nc1ccc(NC(=O)C2CCN(S(=O)(=O)Cc3ccccc3C)CC2)cc1. The number of hydrogen-bond donors (Lipinski definition) is 2. The van der Waals surface area contributed by atoms with Crippen LogP contribution in [-0.2, 0) is 25.4 Å². The molecule has 2 amide bonds. The molecule has 8 heteroatoms. The van der Waals surface area contributed by atoms with Crippen molar-refractivity contribution in [3.8, 4) is 0 Å². The Morgan fingerprint density at radius 1 is 0.967 bits per heavy atom. The van der Waals surface area contributed by atoms with Crippen LogP contribution >= 0.6 is 0 Å². The van der Waals surface area contributed by atoms with Crippen molar-refractivity contribution in [1.82, 2.24) is 4.31 Å². The van der Waals surface area contributed by atoms with Crippen LogP contribution < -0.4 is 10.6 Å². The predicted molar refractivity (Wildman–Crippen MR) is 117 cm³/mol. The molecule has 2 aromatic carbocycles. The first-order valence-corrected chi connectivity index (χ1v) is 11.6. The molecule has 1 fully saturated rings. The first kappa shape index (κ1) is 22.0. The number of sulfonamides is 1. The van der Waals surface area contributed by atoms with E-state index < -0.39 is 10.0 Å². The van der Waals surface area contributed by atoms with Crippen LogP contribution in [0.15, 0.2) is 48.5 Å². The van der Waals surface area contributed by atoms with Crippen LogP contribution in [0.2, 0.25) is 0 Å². The van der Waals surface area contributed by atoms with Gasteiger partial charge in [0.05, 0.1) is 5.75 Å². The van der Waals surface area contributed by atoms with Crippen molar-refractivity contribution in [3.05, 3.63) is 59.7 Å². The summed E-state index contributed by atoms with van der Waals surface area (Å²) in [5.41, 5.74) is 3.07. The number of amides is 2. The molecule has 1 aliphatic rings. The predicted octanol–water partition coefficient (Wildman–Crippen LogP) is 3.13. The van der Waals surface area contributed by atoms with E-state index in [1.54, 1.807) is 24.3 Å². The van der Waals surface area contributed by atoms with E-state index in [0.717, 1.165) is 11.1 Å². The van der Waals surface area contributed by atoms with Gasteiger partial charge in [0, 0.05) is 37.3 Å². The number of nitrogens with one attached hydrogen (secondary N) is 2. The van der Waals surface area contributed by atoms with Crippen molar-refractivity contribution in [2.45, 2.75) is 32.4 Å². The van der Waals surface area contributed by atoms with Crippen LogP contribution in [0.1, 0.15) is 30.9 Å². The smallest absolute Gasteiger partial charge is 0.227 e. The van der Waals surface area contributed by atoms with Crippen molar-refractivity contribution >= 4 is 33.2 Å². The number of carbonyl (C=O) groups excluding carboxylic acids is 2. The number of rotatable bonds is 6. The number of benzene rings is 2. The topological polar surface area (TPSA) is 95.6 Å². The third-order valence-electron chi connectivity index (χ3n) is 5.29. The molecule has 0 radical (unpaired) electrons. The molecule has 0 bridgehead atoms. The van der Waals surface area contributed by atoms with Crippen LogP contribution in [0.3, 0.4) is 0 Å². The Morgan fingerprint density at radius 3 is 2.10 bits per heavy atom. The maximum Gasteiger partial charge on any atom is 0.227 e. The third-order valence-corrected chi connectivity index (χ3v) is 7.12. The Bertz CT molecular complexity index is 1010. The second-order valence-corrected chi connectivity index (χ2v) is 9.57. The van der Waals surface area contributed by atoms with Crippen molar-refractivity contribution in [1.29, 1.82) is 0 Å². The molecule has 7 nitrogen and oxygen atoms in total. The quantitative estimate of drug-likeness (QED) is 0.737. The second kappa shape index (κ2) is 9.40. The van der Waals surface area contributed by atoms with Crippen LogP contribution in [0.5, 0.6) is 0 Å². The molecule has 0 atom stereocenters. The van der Waals surface area contributed by atoms with E-state index in [2.05, 4.69) is 10.6 Å². The molecular weight excluding hydrogens is 402 g/mol. The van der Waals surface area contributed by atoms with E-state index in [0.29, 0.717) is 37.3 Å². The third kappa shape index (κ3) is 5.67. The number of piperidine rings is 1. The summed E-state index contributed by atoms with van der Waals surface area (Å²) in [6.07, 6.45) is 0.978. The molecule has 3 rings (SSSR count). The van der Waals surface area contributed by atoms with Gasteiger partial charge in [-0.2, -0.15) is 0 Å². The lowest BCUT2D eigenvalue weighted by Gasteiger charge is -2.30. The van der Waals surface area contributed by atoms with Crippen LogP contribution in [-0.4, -0.2) is 37.6 Å². The fourth-order valence-corrected chi connectivity index (χ4v) is 5.21. The molecule has 0 spiro atoms. The minimum atomic E-state index is -3.41. The molecule has 0 unspecified atom stereocenters. The summed E-state index contributed by atoms with van der Waals surface area (Å²) in [6.45, 7) is 4.02. The monoisotopic (exact) mass is 429 g/mol. The van der Waals surface area contributed by atoms with Gasteiger partial charge in [0.15, 0.2) is 0 Å². The zero-order chi connectivity index (χ0) is 21.7.